The van der Waals surface area contributed by atoms with Crippen molar-refractivity contribution in [1.82, 2.24) is 0 Å². The molecule has 1 aliphatic rings. The molecule has 1 heterocycles. The lowest BCUT2D eigenvalue weighted by atomic mass is 10.1. The fourth-order valence-corrected chi connectivity index (χ4v) is 2.33. The zero-order valence-corrected chi connectivity index (χ0v) is 13.2. The van der Waals surface area contributed by atoms with Gasteiger partial charge in [-0.25, -0.2) is 0 Å². The van der Waals surface area contributed by atoms with Gasteiger partial charge < -0.3 is 19.5 Å². The number of hydrogen-bond acceptors (Lipinski definition) is 4. The number of carbonyl (C=O) groups is 1. The summed E-state index contributed by atoms with van der Waals surface area (Å²) in [7, 11) is 0. The van der Waals surface area contributed by atoms with E-state index >= 15 is 0 Å². The number of carbonyl (C=O) groups excluding carboxylic acids is 1. The Labute approximate surface area is 135 Å². The lowest BCUT2D eigenvalue weighted by molar-refractivity contribution is -0.115. The molecule has 3 rings (SSSR count). The molecule has 0 saturated carbocycles. The van der Waals surface area contributed by atoms with Crippen LogP contribution in [0.3, 0.4) is 0 Å². The van der Waals surface area contributed by atoms with E-state index < -0.39 is 0 Å². The zero-order valence-electron chi connectivity index (χ0n) is 13.2. The molecule has 1 N–H and O–H groups in total. The highest BCUT2D eigenvalue weighted by atomic mass is 16.7. The summed E-state index contributed by atoms with van der Waals surface area (Å²) in [5.74, 6) is 2.11. The van der Waals surface area contributed by atoms with Gasteiger partial charge in [0.2, 0.25) is 12.7 Å². The van der Waals surface area contributed by atoms with Gasteiger partial charge in [-0.3, -0.25) is 4.79 Å². The highest BCUT2D eigenvalue weighted by molar-refractivity contribution is 5.92. The van der Waals surface area contributed by atoms with Gasteiger partial charge in [-0.1, -0.05) is 6.07 Å². The molecule has 0 bridgehead atoms. The largest absolute Gasteiger partial charge is 0.491 e. The number of hydrogen-bond donors (Lipinski definition) is 1. The first-order chi connectivity index (χ1) is 11.1. The number of benzene rings is 2. The third kappa shape index (κ3) is 3.94. The summed E-state index contributed by atoms with van der Waals surface area (Å²) in [6.07, 6.45) is 0.405. The second kappa shape index (κ2) is 6.60. The molecule has 0 saturated heterocycles. The average molecular weight is 313 g/mol. The molecular formula is C18H19NO4. The van der Waals surface area contributed by atoms with Gasteiger partial charge in [0, 0.05) is 5.69 Å². The van der Waals surface area contributed by atoms with Crippen molar-refractivity contribution in [2.45, 2.75) is 26.4 Å². The van der Waals surface area contributed by atoms with E-state index in [9.17, 15) is 4.79 Å². The van der Waals surface area contributed by atoms with E-state index in [0.29, 0.717) is 5.75 Å². The first-order valence-electron chi connectivity index (χ1n) is 7.55. The third-order valence-corrected chi connectivity index (χ3v) is 3.31. The van der Waals surface area contributed by atoms with Gasteiger partial charge in [0.15, 0.2) is 11.5 Å². The van der Waals surface area contributed by atoms with Gasteiger partial charge >= 0.3 is 0 Å². The molecule has 0 spiro atoms. The molecule has 0 fully saturated rings. The van der Waals surface area contributed by atoms with E-state index in [2.05, 4.69) is 5.32 Å². The van der Waals surface area contributed by atoms with E-state index in [1.165, 1.54) is 0 Å². The normalized spacial score (nSPS) is 12.3. The third-order valence-electron chi connectivity index (χ3n) is 3.31. The van der Waals surface area contributed by atoms with Crippen LogP contribution in [0.15, 0.2) is 42.5 Å². The van der Waals surface area contributed by atoms with Crippen LogP contribution in [-0.4, -0.2) is 18.8 Å². The van der Waals surface area contributed by atoms with Gasteiger partial charge in [0.05, 0.1) is 12.5 Å². The molecule has 1 aliphatic heterocycles. The lowest BCUT2D eigenvalue weighted by Gasteiger charge is -2.10. The minimum absolute atomic E-state index is 0.0820. The SMILES string of the molecule is CC(C)Oc1ccc(NC(=O)Cc2ccc3c(c2)OCO3)cc1. The standard InChI is InChI=1S/C18H19NO4/c1-12(2)23-15-6-4-14(5-7-15)19-18(20)10-13-3-8-16-17(9-13)22-11-21-16/h3-9,12H,10-11H2,1-2H3,(H,19,20). The molecule has 5 nitrogen and oxygen atoms in total. The van der Waals surface area contributed by atoms with E-state index in [-0.39, 0.29) is 25.2 Å². The Morgan fingerprint density at radius 2 is 1.87 bits per heavy atom. The molecule has 2 aromatic rings. The topological polar surface area (TPSA) is 56.8 Å². The second-order valence-electron chi connectivity index (χ2n) is 5.60. The molecular weight excluding hydrogens is 294 g/mol. The fourth-order valence-electron chi connectivity index (χ4n) is 2.33. The van der Waals surface area contributed by atoms with Crippen LogP contribution in [0.5, 0.6) is 17.2 Å². The Bertz CT molecular complexity index is 695. The summed E-state index contributed by atoms with van der Waals surface area (Å²) in [5.41, 5.74) is 1.62. The summed E-state index contributed by atoms with van der Waals surface area (Å²) in [6.45, 7) is 4.18. The van der Waals surface area contributed by atoms with Crippen LogP contribution in [0.1, 0.15) is 19.4 Å². The summed E-state index contributed by atoms with van der Waals surface area (Å²) in [4.78, 5) is 12.1. The molecule has 0 unspecified atom stereocenters. The van der Waals surface area contributed by atoms with E-state index in [4.69, 9.17) is 14.2 Å². The Balaban J connectivity index is 1.58. The van der Waals surface area contributed by atoms with Crippen molar-refractivity contribution in [3.8, 4) is 17.2 Å². The quantitative estimate of drug-likeness (QED) is 0.919. The number of fused-ring (bicyclic) bond motifs is 1. The van der Waals surface area contributed by atoms with Crippen LogP contribution < -0.4 is 19.5 Å². The number of ether oxygens (including phenoxy) is 3. The van der Waals surface area contributed by atoms with Gasteiger partial charge in [-0.2, -0.15) is 0 Å². The van der Waals surface area contributed by atoms with Gasteiger partial charge in [0.1, 0.15) is 5.75 Å². The summed E-state index contributed by atoms with van der Waals surface area (Å²) < 4.78 is 16.1. The van der Waals surface area contributed by atoms with Crippen molar-refractivity contribution in [2.24, 2.45) is 0 Å². The molecule has 120 valence electrons. The Kier molecular flexibility index (Phi) is 4.37. The summed E-state index contributed by atoms with van der Waals surface area (Å²) in [5, 5.41) is 2.87. The van der Waals surface area contributed by atoms with Crippen molar-refractivity contribution in [3.05, 3.63) is 48.0 Å². The number of nitrogens with one attached hydrogen (secondary N) is 1. The summed E-state index contributed by atoms with van der Waals surface area (Å²) in [6, 6.07) is 12.9. The smallest absolute Gasteiger partial charge is 0.231 e. The molecule has 5 heteroatoms. The molecule has 2 aromatic carbocycles. The van der Waals surface area contributed by atoms with Crippen molar-refractivity contribution in [1.29, 1.82) is 0 Å². The van der Waals surface area contributed by atoms with Crippen LogP contribution in [0.25, 0.3) is 0 Å². The number of amides is 1. The maximum absolute atomic E-state index is 12.1. The fraction of sp³-hybridized carbons (Fsp3) is 0.278. The van der Waals surface area contributed by atoms with Crippen LogP contribution in [0.4, 0.5) is 5.69 Å². The monoisotopic (exact) mass is 313 g/mol. The van der Waals surface area contributed by atoms with Crippen molar-refractivity contribution in [3.63, 3.8) is 0 Å². The second-order valence-corrected chi connectivity index (χ2v) is 5.60. The molecule has 23 heavy (non-hydrogen) atoms. The average Bonchev–Trinajstić information content (AvgIpc) is 2.96. The summed E-state index contributed by atoms with van der Waals surface area (Å²) >= 11 is 0. The number of anilines is 1. The van der Waals surface area contributed by atoms with E-state index in [0.717, 1.165) is 22.7 Å². The van der Waals surface area contributed by atoms with Crippen LogP contribution in [0, 0.1) is 0 Å². The van der Waals surface area contributed by atoms with E-state index in [1.807, 2.05) is 56.3 Å². The zero-order chi connectivity index (χ0) is 16.2. The lowest BCUT2D eigenvalue weighted by Crippen LogP contribution is -2.14. The van der Waals surface area contributed by atoms with Crippen molar-refractivity contribution in [2.75, 3.05) is 12.1 Å². The van der Waals surface area contributed by atoms with Crippen LogP contribution in [0.2, 0.25) is 0 Å². The first kappa shape index (κ1) is 15.2. The van der Waals surface area contributed by atoms with Crippen LogP contribution in [-0.2, 0) is 11.2 Å². The first-order valence-corrected chi connectivity index (χ1v) is 7.55. The highest BCUT2D eigenvalue weighted by Gasteiger charge is 2.14. The predicted octanol–water partition coefficient (Wildman–Crippen LogP) is 3.38. The van der Waals surface area contributed by atoms with Gasteiger partial charge in [-0.15, -0.1) is 0 Å². The van der Waals surface area contributed by atoms with Crippen molar-refractivity contribution >= 4 is 11.6 Å². The van der Waals surface area contributed by atoms with E-state index in [1.54, 1.807) is 0 Å². The minimum atomic E-state index is -0.0820. The maximum atomic E-state index is 12.1. The number of rotatable bonds is 5. The Morgan fingerprint density at radius 3 is 2.61 bits per heavy atom. The minimum Gasteiger partial charge on any atom is -0.491 e. The molecule has 0 aliphatic carbocycles. The highest BCUT2D eigenvalue weighted by Crippen LogP contribution is 2.32. The van der Waals surface area contributed by atoms with Crippen molar-refractivity contribution < 1.29 is 19.0 Å². The van der Waals surface area contributed by atoms with Gasteiger partial charge in [0.25, 0.3) is 0 Å². The maximum Gasteiger partial charge on any atom is 0.231 e. The van der Waals surface area contributed by atoms with Gasteiger partial charge in [-0.05, 0) is 55.8 Å². The molecule has 0 radical (unpaired) electrons. The molecule has 1 amide bonds. The van der Waals surface area contributed by atoms with Crippen LogP contribution >= 0.6 is 0 Å². The molecule has 0 aromatic heterocycles. The predicted molar refractivity (Wildman–Crippen MR) is 87.1 cm³/mol. The molecule has 0 atom stereocenters. The Hall–Kier alpha value is -2.69. The Morgan fingerprint density at radius 1 is 1.13 bits per heavy atom.